The van der Waals surface area contributed by atoms with E-state index in [1.54, 1.807) is 6.92 Å². The first-order valence-electron chi connectivity index (χ1n) is 11.1. The third-order valence-corrected chi connectivity index (χ3v) is 6.78. The van der Waals surface area contributed by atoms with Gasteiger partial charge in [-0.25, -0.2) is 0 Å². The van der Waals surface area contributed by atoms with Gasteiger partial charge >= 0.3 is 5.97 Å². The molecule has 33 heavy (non-hydrogen) atoms. The molecule has 3 aliphatic rings. The lowest BCUT2D eigenvalue weighted by atomic mass is 9.69. The van der Waals surface area contributed by atoms with Gasteiger partial charge in [0, 0.05) is 34.3 Å². The summed E-state index contributed by atoms with van der Waals surface area (Å²) in [5, 5.41) is 0.660. The van der Waals surface area contributed by atoms with Crippen molar-refractivity contribution in [1.29, 1.82) is 0 Å². The molecule has 2 aliphatic heterocycles. The molecule has 3 atom stereocenters. The van der Waals surface area contributed by atoms with Crippen molar-refractivity contribution in [2.24, 2.45) is 10.9 Å². The van der Waals surface area contributed by atoms with Crippen LogP contribution in [0.4, 0.5) is 0 Å². The zero-order chi connectivity index (χ0) is 23.1. The molecule has 0 saturated heterocycles. The quantitative estimate of drug-likeness (QED) is 0.579. The molecule has 1 aliphatic carbocycles. The summed E-state index contributed by atoms with van der Waals surface area (Å²) in [6.07, 6.45) is 0.974. The normalized spacial score (nSPS) is 23.8. The number of ketones is 1. The van der Waals surface area contributed by atoms with Gasteiger partial charge in [-0.1, -0.05) is 29.8 Å². The van der Waals surface area contributed by atoms with Crippen molar-refractivity contribution in [2.45, 2.75) is 38.5 Å². The molecule has 0 saturated carbocycles. The SMILES string of the molecule is CCOC(=O)C1C(C)=NC2=C(C(=O)CC(c3ccc(Cl)cc3)C2)C1c1ccc2c(c1)OCO2. The Hall–Kier alpha value is -3.12. The molecule has 0 amide bonds. The fraction of sp³-hybridized carbons (Fsp3) is 0.346. The fourth-order valence-corrected chi connectivity index (χ4v) is 5.16. The van der Waals surface area contributed by atoms with Crippen LogP contribution in [0.25, 0.3) is 0 Å². The molecule has 2 aromatic carbocycles. The molecule has 0 fully saturated rings. The van der Waals surface area contributed by atoms with Crippen molar-refractivity contribution in [1.82, 2.24) is 0 Å². The monoisotopic (exact) mass is 465 g/mol. The third-order valence-electron chi connectivity index (χ3n) is 6.53. The van der Waals surface area contributed by atoms with E-state index in [1.165, 1.54) is 0 Å². The summed E-state index contributed by atoms with van der Waals surface area (Å²) in [6.45, 7) is 4.02. The van der Waals surface area contributed by atoms with Crippen LogP contribution in [-0.4, -0.2) is 30.9 Å². The molecular formula is C26H24ClNO5. The average Bonchev–Trinajstić information content (AvgIpc) is 3.26. The second kappa shape index (κ2) is 8.67. The van der Waals surface area contributed by atoms with Crippen LogP contribution in [0.15, 0.2) is 58.7 Å². The summed E-state index contributed by atoms with van der Waals surface area (Å²) in [7, 11) is 0. The van der Waals surface area contributed by atoms with Crippen LogP contribution in [0.3, 0.4) is 0 Å². The maximum absolute atomic E-state index is 13.6. The van der Waals surface area contributed by atoms with Crippen LogP contribution >= 0.6 is 11.6 Å². The highest BCUT2D eigenvalue weighted by molar-refractivity contribution is 6.30. The Kier molecular flexibility index (Phi) is 5.71. The van der Waals surface area contributed by atoms with Crippen molar-refractivity contribution in [3.05, 3.63) is 69.9 Å². The number of aliphatic imine (C=N–C) groups is 1. The second-order valence-electron chi connectivity index (χ2n) is 8.51. The molecule has 3 unspecified atom stereocenters. The highest BCUT2D eigenvalue weighted by atomic mass is 35.5. The van der Waals surface area contributed by atoms with E-state index in [2.05, 4.69) is 0 Å². The first-order valence-corrected chi connectivity index (χ1v) is 11.5. The predicted octanol–water partition coefficient (Wildman–Crippen LogP) is 5.21. The van der Waals surface area contributed by atoms with E-state index in [1.807, 2.05) is 49.4 Å². The van der Waals surface area contributed by atoms with Crippen LogP contribution in [0.1, 0.15) is 49.7 Å². The number of halogens is 1. The fourth-order valence-electron chi connectivity index (χ4n) is 5.03. The van der Waals surface area contributed by atoms with Gasteiger partial charge in [0.15, 0.2) is 17.3 Å². The predicted molar refractivity (Wildman–Crippen MR) is 124 cm³/mol. The number of hydrogen-bond donors (Lipinski definition) is 0. The maximum Gasteiger partial charge on any atom is 0.315 e. The molecule has 0 aromatic heterocycles. The van der Waals surface area contributed by atoms with Gasteiger partial charge in [-0.05, 0) is 61.6 Å². The number of carbonyl (C=O) groups excluding carboxylic acids is 2. The lowest BCUT2D eigenvalue weighted by Gasteiger charge is -2.36. The van der Waals surface area contributed by atoms with Gasteiger partial charge in [0.25, 0.3) is 0 Å². The van der Waals surface area contributed by atoms with Crippen LogP contribution < -0.4 is 9.47 Å². The molecule has 0 spiro atoms. The lowest BCUT2D eigenvalue weighted by Crippen LogP contribution is -2.38. The standard InChI is InChI=1S/C26H24ClNO5/c1-3-31-26(30)23-14(2)28-19-10-17(15-4-7-18(27)8-5-15)11-20(29)25(19)24(23)16-6-9-21-22(12-16)33-13-32-21/h4-9,12,17,23-24H,3,10-11,13H2,1-2H3. The van der Waals surface area contributed by atoms with Crippen LogP contribution in [0.5, 0.6) is 11.5 Å². The first kappa shape index (κ1) is 21.7. The van der Waals surface area contributed by atoms with Crippen molar-refractivity contribution >= 4 is 29.1 Å². The molecule has 6 nitrogen and oxygen atoms in total. The molecule has 0 bridgehead atoms. The Balaban J connectivity index is 1.59. The summed E-state index contributed by atoms with van der Waals surface area (Å²) in [6, 6.07) is 13.2. The van der Waals surface area contributed by atoms with E-state index < -0.39 is 11.8 Å². The number of benzene rings is 2. The first-order chi connectivity index (χ1) is 16.0. The number of ether oxygens (including phenoxy) is 3. The van der Waals surface area contributed by atoms with E-state index in [0.29, 0.717) is 40.6 Å². The maximum atomic E-state index is 13.6. The van der Waals surface area contributed by atoms with E-state index in [0.717, 1.165) is 16.8 Å². The summed E-state index contributed by atoms with van der Waals surface area (Å²) < 4.78 is 16.4. The summed E-state index contributed by atoms with van der Waals surface area (Å²) in [4.78, 5) is 31.4. The average molecular weight is 466 g/mol. The number of hydrogen-bond acceptors (Lipinski definition) is 6. The van der Waals surface area contributed by atoms with Gasteiger partial charge in [-0.15, -0.1) is 0 Å². The second-order valence-corrected chi connectivity index (χ2v) is 8.95. The van der Waals surface area contributed by atoms with E-state index in [4.69, 9.17) is 30.8 Å². The van der Waals surface area contributed by atoms with Crippen LogP contribution in [0, 0.1) is 5.92 Å². The lowest BCUT2D eigenvalue weighted by molar-refractivity contribution is -0.146. The number of esters is 1. The summed E-state index contributed by atoms with van der Waals surface area (Å²) >= 11 is 6.05. The Morgan fingerprint density at radius 1 is 1.09 bits per heavy atom. The van der Waals surface area contributed by atoms with Gasteiger partial charge in [0.05, 0.1) is 6.61 Å². The Labute approximate surface area is 197 Å². The molecular weight excluding hydrogens is 442 g/mol. The number of nitrogens with zero attached hydrogens (tertiary/aromatic N) is 1. The minimum atomic E-state index is -0.667. The minimum absolute atomic E-state index is 0.00409. The highest BCUT2D eigenvalue weighted by Gasteiger charge is 2.45. The molecule has 0 N–H and O–H groups in total. The summed E-state index contributed by atoms with van der Waals surface area (Å²) in [5.41, 5.74) is 3.87. The number of allylic oxidation sites excluding steroid dienone is 2. The van der Waals surface area contributed by atoms with Gasteiger partial charge in [-0.2, -0.15) is 0 Å². The molecule has 2 aromatic rings. The van der Waals surface area contributed by atoms with E-state index in [-0.39, 0.29) is 31.1 Å². The van der Waals surface area contributed by atoms with Crippen LogP contribution in [-0.2, 0) is 14.3 Å². The van der Waals surface area contributed by atoms with Crippen LogP contribution in [0.2, 0.25) is 5.02 Å². The van der Waals surface area contributed by atoms with Gasteiger partial charge in [-0.3, -0.25) is 14.6 Å². The largest absolute Gasteiger partial charge is 0.465 e. The van der Waals surface area contributed by atoms with E-state index >= 15 is 0 Å². The highest BCUT2D eigenvalue weighted by Crippen LogP contribution is 2.48. The number of Topliss-reactive ketones (excluding diaryl/α,β-unsaturated/α-hetero) is 1. The van der Waals surface area contributed by atoms with Gasteiger partial charge in [0.2, 0.25) is 6.79 Å². The minimum Gasteiger partial charge on any atom is -0.465 e. The molecule has 7 heteroatoms. The number of rotatable bonds is 4. The smallest absolute Gasteiger partial charge is 0.315 e. The summed E-state index contributed by atoms with van der Waals surface area (Å²) in [5.74, 6) is -0.240. The molecule has 0 radical (unpaired) electrons. The van der Waals surface area contributed by atoms with Crippen molar-refractivity contribution < 1.29 is 23.8 Å². The van der Waals surface area contributed by atoms with Crippen molar-refractivity contribution in [3.63, 3.8) is 0 Å². The Morgan fingerprint density at radius 2 is 1.82 bits per heavy atom. The van der Waals surface area contributed by atoms with Gasteiger partial charge < -0.3 is 14.2 Å². The van der Waals surface area contributed by atoms with Gasteiger partial charge in [0.1, 0.15) is 5.92 Å². The van der Waals surface area contributed by atoms with Crippen molar-refractivity contribution in [2.75, 3.05) is 13.4 Å². The topological polar surface area (TPSA) is 74.2 Å². The Morgan fingerprint density at radius 3 is 2.58 bits per heavy atom. The molecule has 170 valence electrons. The number of fused-ring (bicyclic) bond motifs is 1. The third kappa shape index (κ3) is 3.93. The zero-order valence-corrected chi connectivity index (χ0v) is 19.2. The van der Waals surface area contributed by atoms with E-state index in [9.17, 15) is 9.59 Å². The Bertz CT molecular complexity index is 1180. The zero-order valence-electron chi connectivity index (χ0n) is 18.5. The van der Waals surface area contributed by atoms with Crippen molar-refractivity contribution in [3.8, 4) is 11.5 Å². The molecule has 5 rings (SSSR count). The number of carbonyl (C=O) groups is 2. The molecule has 2 heterocycles.